The summed E-state index contributed by atoms with van der Waals surface area (Å²) in [4.78, 5) is 16.3. The van der Waals surface area contributed by atoms with E-state index in [4.69, 9.17) is 4.42 Å². The highest BCUT2D eigenvalue weighted by atomic mass is 32.2. The maximum absolute atomic E-state index is 12.1. The first kappa shape index (κ1) is 15.2. The van der Waals surface area contributed by atoms with E-state index in [-0.39, 0.29) is 10.9 Å². The van der Waals surface area contributed by atoms with Gasteiger partial charge in [-0.1, -0.05) is 6.07 Å². The summed E-state index contributed by atoms with van der Waals surface area (Å²) in [7, 11) is -2.45. The molecule has 0 saturated heterocycles. The molecule has 0 aliphatic rings. The number of carbonyl (C=O) groups is 1. The maximum atomic E-state index is 12.1. The molecule has 23 heavy (non-hydrogen) atoms. The Morgan fingerprint density at radius 2 is 2.00 bits per heavy atom. The fourth-order valence-electron chi connectivity index (χ4n) is 2.03. The number of anilines is 1. The highest BCUT2D eigenvalue weighted by Crippen LogP contribution is 2.19. The van der Waals surface area contributed by atoms with Crippen molar-refractivity contribution in [3.8, 4) is 0 Å². The molecule has 0 saturated carbocycles. The molecule has 1 amide bonds. The van der Waals surface area contributed by atoms with E-state index in [1.54, 1.807) is 30.5 Å². The maximum Gasteiger partial charge on any atom is 0.291 e. The van der Waals surface area contributed by atoms with Gasteiger partial charge in [-0.05, 0) is 43.4 Å². The number of furan rings is 1. The standard InChI is InChI=1S/C15H13N3O4S/c1-16-23(20,21)14-7-6-13(22-14)15(19)18-11-4-5-12-10(9-11)3-2-8-17-12/h2-9,16H,1H3,(H,18,19). The van der Waals surface area contributed by atoms with Gasteiger partial charge in [0.1, 0.15) is 0 Å². The highest BCUT2D eigenvalue weighted by Gasteiger charge is 2.19. The normalized spacial score (nSPS) is 11.5. The minimum atomic E-state index is -3.72. The second kappa shape index (κ2) is 5.82. The molecule has 2 N–H and O–H groups in total. The molecule has 3 aromatic rings. The Balaban J connectivity index is 1.83. The quantitative estimate of drug-likeness (QED) is 0.761. The lowest BCUT2D eigenvalue weighted by Gasteiger charge is -2.04. The lowest BCUT2D eigenvalue weighted by atomic mass is 10.2. The Morgan fingerprint density at radius 3 is 2.78 bits per heavy atom. The summed E-state index contributed by atoms with van der Waals surface area (Å²) in [5.74, 6) is -0.629. The second-order valence-corrected chi connectivity index (χ2v) is 6.51. The van der Waals surface area contributed by atoms with Gasteiger partial charge in [-0.3, -0.25) is 9.78 Å². The van der Waals surface area contributed by atoms with Crippen LogP contribution in [-0.4, -0.2) is 26.4 Å². The van der Waals surface area contributed by atoms with E-state index in [2.05, 4.69) is 15.0 Å². The van der Waals surface area contributed by atoms with Crippen LogP contribution in [0.4, 0.5) is 5.69 Å². The number of sulfonamides is 1. The summed E-state index contributed by atoms with van der Waals surface area (Å²) in [5, 5.41) is 3.22. The first-order valence-electron chi connectivity index (χ1n) is 6.69. The molecule has 8 heteroatoms. The van der Waals surface area contributed by atoms with Gasteiger partial charge in [-0.15, -0.1) is 0 Å². The molecule has 0 spiro atoms. The number of hydrogen-bond donors (Lipinski definition) is 2. The monoisotopic (exact) mass is 331 g/mol. The van der Waals surface area contributed by atoms with Gasteiger partial charge < -0.3 is 9.73 Å². The predicted molar refractivity (Wildman–Crippen MR) is 84.6 cm³/mol. The van der Waals surface area contributed by atoms with Crippen molar-refractivity contribution in [2.24, 2.45) is 0 Å². The zero-order valence-electron chi connectivity index (χ0n) is 12.1. The van der Waals surface area contributed by atoms with Crippen LogP contribution in [0.1, 0.15) is 10.6 Å². The third kappa shape index (κ3) is 3.08. The third-order valence-electron chi connectivity index (χ3n) is 3.20. The number of aromatic nitrogens is 1. The summed E-state index contributed by atoms with van der Waals surface area (Å²) in [6.45, 7) is 0. The lowest BCUT2D eigenvalue weighted by Crippen LogP contribution is -2.18. The van der Waals surface area contributed by atoms with Crippen molar-refractivity contribution in [3.63, 3.8) is 0 Å². The number of nitrogens with one attached hydrogen (secondary N) is 2. The van der Waals surface area contributed by atoms with Gasteiger partial charge in [0.25, 0.3) is 15.9 Å². The molecular weight excluding hydrogens is 318 g/mol. The number of hydrogen-bond acceptors (Lipinski definition) is 5. The molecule has 118 valence electrons. The van der Waals surface area contributed by atoms with Gasteiger partial charge in [-0.25, -0.2) is 13.1 Å². The molecule has 0 radical (unpaired) electrons. The summed E-state index contributed by atoms with van der Waals surface area (Å²) in [6, 6.07) is 11.5. The third-order valence-corrected chi connectivity index (χ3v) is 4.49. The minimum Gasteiger partial charge on any atom is -0.438 e. The van der Waals surface area contributed by atoms with Crippen molar-refractivity contribution >= 4 is 32.5 Å². The van der Waals surface area contributed by atoms with Crippen LogP contribution in [0.2, 0.25) is 0 Å². The number of nitrogens with zero attached hydrogens (tertiary/aromatic N) is 1. The fraction of sp³-hybridized carbons (Fsp3) is 0.0667. The molecule has 3 rings (SSSR count). The van der Waals surface area contributed by atoms with Gasteiger partial charge in [0.05, 0.1) is 5.52 Å². The largest absolute Gasteiger partial charge is 0.438 e. The van der Waals surface area contributed by atoms with Crippen molar-refractivity contribution in [3.05, 3.63) is 54.4 Å². The SMILES string of the molecule is CNS(=O)(=O)c1ccc(C(=O)Nc2ccc3ncccc3c2)o1. The van der Waals surface area contributed by atoms with Gasteiger partial charge in [0.2, 0.25) is 5.09 Å². The van der Waals surface area contributed by atoms with E-state index in [1.807, 2.05) is 6.07 Å². The van der Waals surface area contributed by atoms with E-state index < -0.39 is 15.9 Å². The van der Waals surface area contributed by atoms with E-state index in [0.29, 0.717) is 5.69 Å². The summed E-state index contributed by atoms with van der Waals surface area (Å²) in [5.41, 5.74) is 1.37. The Hall–Kier alpha value is -2.71. The van der Waals surface area contributed by atoms with Crippen LogP contribution in [0.25, 0.3) is 10.9 Å². The number of fused-ring (bicyclic) bond motifs is 1. The van der Waals surface area contributed by atoms with Gasteiger partial charge in [0.15, 0.2) is 5.76 Å². The number of pyridine rings is 1. The molecule has 0 atom stereocenters. The lowest BCUT2D eigenvalue weighted by molar-refractivity contribution is 0.0991. The fourth-order valence-corrected chi connectivity index (χ4v) is 2.68. The van der Waals surface area contributed by atoms with Gasteiger partial charge >= 0.3 is 0 Å². The molecular formula is C15H13N3O4S. The first-order chi connectivity index (χ1) is 11.0. The van der Waals surface area contributed by atoms with E-state index >= 15 is 0 Å². The van der Waals surface area contributed by atoms with Gasteiger partial charge in [-0.2, -0.15) is 0 Å². The topological polar surface area (TPSA) is 101 Å². The average Bonchev–Trinajstić information content (AvgIpc) is 3.06. The van der Waals surface area contributed by atoms with E-state index in [0.717, 1.165) is 10.9 Å². The van der Waals surface area contributed by atoms with Crippen LogP contribution < -0.4 is 10.0 Å². The zero-order chi connectivity index (χ0) is 16.4. The van der Waals surface area contributed by atoms with Crippen molar-refractivity contribution < 1.29 is 17.6 Å². The summed E-state index contributed by atoms with van der Waals surface area (Å²) < 4.78 is 30.4. The Kier molecular flexibility index (Phi) is 3.85. The summed E-state index contributed by atoms with van der Waals surface area (Å²) >= 11 is 0. The van der Waals surface area contributed by atoms with Crippen molar-refractivity contribution in [2.45, 2.75) is 5.09 Å². The molecule has 7 nitrogen and oxygen atoms in total. The van der Waals surface area contributed by atoms with Gasteiger partial charge in [0, 0.05) is 17.3 Å². The zero-order valence-corrected chi connectivity index (χ0v) is 12.9. The molecule has 2 heterocycles. The van der Waals surface area contributed by atoms with Crippen LogP contribution in [0.15, 0.2) is 58.2 Å². The molecule has 0 unspecified atom stereocenters. The van der Waals surface area contributed by atoms with Crippen LogP contribution in [0.3, 0.4) is 0 Å². The number of carbonyl (C=O) groups excluding carboxylic acids is 1. The molecule has 2 aromatic heterocycles. The van der Waals surface area contributed by atoms with Crippen LogP contribution in [-0.2, 0) is 10.0 Å². The smallest absolute Gasteiger partial charge is 0.291 e. The van der Waals surface area contributed by atoms with Crippen molar-refractivity contribution in [2.75, 3.05) is 12.4 Å². The van der Waals surface area contributed by atoms with Crippen molar-refractivity contribution in [1.29, 1.82) is 0 Å². The van der Waals surface area contributed by atoms with E-state index in [1.165, 1.54) is 19.2 Å². The van der Waals surface area contributed by atoms with Crippen molar-refractivity contribution in [1.82, 2.24) is 9.71 Å². The number of amides is 1. The number of benzene rings is 1. The highest BCUT2D eigenvalue weighted by molar-refractivity contribution is 7.89. The summed E-state index contributed by atoms with van der Waals surface area (Å²) in [6.07, 6.45) is 1.69. The molecule has 1 aromatic carbocycles. The van der Waals surface area contributed by atoms with Crippen LogP contribution in [0.5, 0.6) is 0 Å². The Bertz CT molecular complexity index is 979. The first-order valence-corrected chi connectivity index (χ1v) is 8.17. The minimum absolute atomic E-state index is 0.0925. The predicted octanol–water partition coefficient (Wildman–Crippen LogP) is 1.99. The molecule has 0 aliphatic carbocycles. The Labute approximate surface area is 132 Å². The van der Waals surface area contributed by atoms with Crippen LogP contribution in [0, 0.1) is 0 Å². The molecule has 0 bridgehead atoms. The van der Waals surface area contributed by atoms with Crippen LogP contribution >= 0.6 is 0 Å². The average molecular weight is 331 g/mol. The van der Waals surface area contributed by atoms with E-state index in [9.17, 15) is 13.2 Å². The second-order valence-electron chi connectivity index (χ2n) is 4.69. The molecule has 0 aliphatic heterocycles. The Morgan fingerprint density at radius 1 is 1.17 bits per heavy atom. The molecule has 0 fully saturated rings. The number of rotatable bonds is 4.